The van der Waals surface area contributed by atoms with Crippen molar-refractivity contribution < 1.29 is 5.11 Å². The van der Waals surface area contributed by atoms with Crippen LogP contribution in [0, 0.1) is 5.92 Å². The molecule has 1 aromatic carbocycles. The molecule has 0 aliphatic carbocycles. The van der Waals surface area contributed by atoms with E-state index in [4.69, 9.17) is 0 Å². The summed E-state index contributed by atoms with van der Waals surface area (Å²) in [5.41, 5.74) is 1.31. The summed E-state index contributed by atoms with van der Waals surface area (Å²) in [6.45, 7) is 4.65. The van der Waals surface area contributed by atoms with Gasteiger partial charge in [0, 0.05) is 6.54 Å². The van der Waals surface area contributed by atoms with Crippen molar-refractivity contribution in [3.63, 3.8) is 0 Å². The molecule has 17 heavy (non-hydrogen) atoms. The second-order valence-corrected chi connectivity index (χ2v) is 5.30. The Hall–Kier alpha value is -1.02. The van der Waals surface area contributed by atoms with E-state index in [0.29, 0.717) is 11.7 Å². The largest absolute Gasteiger partial charge is 0.508 e. The molecule has 2 atom stereocenters. The molecular weight excluding hydrogens is 210 g/mol. The second kappa shape index (κ2) is 5.54. The summed E-state index contributed by atoms with van der Waals surface area (Å²) in [6.07, 6.45) is 3.72. The predicted molar refractivity (Wildman–Crippen MR) is 71.4 cm³/mol. The van der Waals surface area contributed by atoms with E-state index in [2.05, 4.69) is 24.9 Å². The molecule has 0 unspecified atom stereocenters. The fourth-order valence-electron chi connectivity index (χ4n) is 3.04. The molecule has 0 amide bonds. The Labute approximate surface area is 104 Å². The summed E-state index contributed by atoms with van der Waals surface area (Å²) < 4.78 is 0. The number of nitrogens with zero attached hydrogens (tertiary/aromatic N) is 1. The first-order valence-corrected chi connectivity index (χ1v) is 6.68. The Morgan fingerprint density at radius 3 is 2.88 bits per heavy atom. The van der Waals surface area contributed by atoms with Gasteiger partial charge in [0.15, 0.2) is 0 Å². The number of likely N-dealkylation sites (tertiary alicyclic amines) is 1. The fourth-order valence-corrected chi connectivity index (χ4v) is 3.04. The summed E-state index contributed by atoms with van der Waals surface area (Å²) in [5.74, 6) is 1.76. The standard InChI is InChI=1S/C15H23NO/c1-3-5-15(13-8-9-16(2)11-13)12-6-4-7-14(17)10-12/h4,6-7,10,13,15,17H,3,5,8-9,11H2,1-2H3/t13-,15+/m0/s1. The first-order chi connectivity index (χ1) is 8.20. The van der Waals surface area contributed by atoms with Crippen molar-refractivity contribution in [2.24, 2.45) is 5.92 Å². The van der Waals surface area contributed by atoms with E-state index in [0.717, 1.165) is 5.92 Å². The molecule has 1 N–H and O–H groups in total. The minimum atomic E-state index is 0.398. The van der Waals surface area contributed by atoms with Gasteiger partial charge in [0.05, 0.1) is 0 Å². The summed E-state index contributed by atoms with van der Waals surface area (Å²) >= 11 is 0. The van der Waals surface area contributed by atoms with Crippen LogP contribution in [0.3, 0.4) is 0 Å². The summed E-state index contributed by atoms with van der Waals surface area (Å²) in [4.78, 5) is 2.41. The molecule has 1 fully saturated rings. The molecule has 2 rings (SSSR count). The number of phenolic OH excluding ortho intramolecular Hbond substituents is 1. The topological polar surface area (TPSA) is 23.5 Å². The summed E-state index contributed by atoms with van der Waals surface area (Å²) in [5, 5.41) is 9.61. The van der Waals surface area contributed by atoms with Gasteiger partial charge in [0.1, 0.15) is 5.75 Å². The van der Waals surface area contributed by atoms with Crippen molar-refractivity contribution in [1.29, 1.82) is 0 Å². The van der Waals surface area contributed by atoms with Crippen molar-refractivity contribution in [3.8, 4) is 5.75 Å². The van der Waals surface area contributed by atoms with Crippen LogP contribution >= 0.6 is 0 Å². The summed E-state index contributed by atoms with van der Waals surface area (Å²) in [7, 11) is 2.20. The highest BCUT2D eigenvalue weighted by Gasteiger charge is 2.28. The third kappa shape index (κ3) is 3.01. The van der Waals surface area contributed by atoms with E-state index >= 15 is 0 Å². The van der Waals surface area contributed by atoms with Crippen LogP contribution in [0.5, 0.6) is 5.75 Å². The fraction of sp³-hybridized carbons (Fsp3) is 0.600. The molecule has 0 saturated carbocycles. The van der Waals surface area contributed by atoms with Gasteiger partial charge < -0.3 is 10.0 Å². The Kier molecular flexibility index (Phi) is 4.06. The van der Waals surface area contributed by atoms with Crippen molar-refractivity contribution in [2.45, 2.75) is 32.1 Å². The van der Waals surface area contributed by atoms with Crippen LogP contribution in [-0.2, 0) is 0 Å². The van der Waals surface area contributed by atoms with E-state index < -0.39 is 0 Å². The number of rotatable bonds is 4. The van der Waals surface area contributed by atoms with E-state index in [1.807, 2.05) is 12.1 Å². The zero-order valence-corrected chi connectivity index (χ0v) is 10.9. The third-order valence-corrected chi connectivity index (χ3v) is 3.89. The highest BCUT2D eigenvalue weighted by Crippen LogP contribution is 2.36. The van der Waals surface area contributed by atoms with Gasteiger partial charge in [-0.1, -0.05) is 25.5 Å². The minimum absolute atomic E-state index is 0.398. The first-order valence-electron chi connectivity index (χ1n) is 6.68. The maximum absolute atomic E-state index is 9.61. The lowest BCUT2D eigenvalue weighted by atomic mass is 9.82. The van der Waals surface area contributed by atoms with Crippen LogP contribution in [-0.4, -0.2) is 30.1 Å². The average Bonchev–Trinajstić information content (AvgIpc) is 2.72. The first kappa shape index (κ1) is 12.4. The minimum Gasteiger partial charge on any atom is -0.508 e. The number of hydrogen-bond donors (Lipinski definition) is 1. The molecule has 2 nitrogen and oxygen atoms in total. The lowest BCUT2D eigenvalue weighted by Crippen LogP contribution is -2.18. The molecule has 0 aromatic heterocycles. The molecule has 0 bridgehead atoms. The van der Waals surface area contributed by atoms with Crippen molar-refractivity contribution in [1.82, 2.24) is 4.90 Å². The van der Waals surface area contributed by atoms with Gasteiger partial charge in [-0.2, -0.15) is 0 Å². The molecule has 94 valence electrons. The van der Waals surface area contributed by atoms with E-state index in [9.17, 15) is 5.11 Å². The Bertz CT molecular complexity index is 364. The van der Waals surface area contributed by atoms with Crippen LogP contribution < -0.4 is 0 Å². The average molecular weight is 233 g/mol. The van der Waals surface area contributed by atoms with Gasteiger partial charge in [-0.3, -0.25) is 0 Å². The smallest absolute Gasteiger partial charge is 0.115 e. The quantitative estimate of drug-likeness (QED) is 0.863. The number of phenols is 1. The molecule has 1 heterocycles. The molecule has 1 aromatic rings. The van der Waals surface area contributed by atoms with Crippen molar-refractivity contribution in [3.05, 3.63) is 29.8 Å². The van der Waals surface area contributed by atoms with Gasteiger partial charge in [-0.15, -0.1) is 0 Å². The van der Waals surface area contributed by atoms with Gasteiger partial charge in [0.25, 0.3) is 0 Å². The second-order valence-electron chi connectivity index (χ2n) is 5.30. The maximum atomic E-state index is 9.61. The Morgan fingerprint density at radius 1 is 1.47 bits per heavy atom. The molecule has 1 saturated heterocycles. The lowest BCUT2D eigenvalue weighted by molar-refractivity contribution is 0.359. The number of aromatic hydroxyl groups is 1. The van der Waals surface area contributed by atoms with Crippen LogP contribution in [0.2, 0.25) is 0 Å². The van der Waals surface area contributed by atoms with Gasteiger partial charge in [-0.25, -0.2) is 0 Å². The molecular formula is C15H23NO. The van der Waals surface area contributed by atoms with Crippen molar-refractivity contribution >= 4 is 0 Å². The van der Waals surface area contributed by atoms with Crippen molar-refractivity contribution in [2.75, 3.05) is 20.1 Å². The molecule has 2 heteroatoms. The van der Waals surface area contributed by atoms with E-state index in [-0.39, 0.29) is 0 Å². The number of hydrogen-bond acceptors (Lipinski definition) is 2. The lowest BCUT2D eigenvalue weighted by Gasteiger charge is -2.23. The highest BCUT2D eigenvalue weighted by molar-refractivity contribution is 5.30. The zero-order valence-electron chi connectivity index (χ0n) is 10.9. The highest BCUT2D eigenvalue weighted by atomic mass is 16.3. The monoisotopic (exact) mass is 233 g/mol. The molecule has 0 spiro atoms. The van der Waals surface area contributed by atoms with Gasteiger partial charge in [-0.05, 0) is 56.0 Å². The number of benzene rings is 1. The SMILES string of the molecule is CCC[C@H](c1cccc(O)c1)[C@H]1CCN(C)C1. The molecule has 0 radical (unpaired) electrons. The van der Waals surface area contributed by atoms with Gasteiger partial charge >= 0.3 is 0 Å². The predicted octanol–water partition coefficient (Wildman–Crippen LogP) is 3.23. The third-order valence-electron chi connectivity index (χ3n) is 3.89. The van der Waals surface area contributed by atoms with Crippen LogP contribution in [0.25, 0.3) is 0 Å². The molecule has 1 aliphatic heterocycles. The zero-order chi connectivity index (χ0) is 12.3. The van der Waals surface area contributed by atoms with Crippen LogP contribution in [0.1, 0.15) is 37.7 Å². The normalized spacial score (nSPS) is 22.8. The molecule has 1 aliphatic rings. The van der Waals surface area contributed by atoms with Crippen LogP contribution in [0.15, 0.2) is 24.3 Å². The van der Waals surface area contributed by atoms with Gasteiger partial charge in [0.2, 0.25) is 0 Å². The Balaban J connectivity index is 2.16. The van der Waals surface area contributed by atoms with E-state index in [1.54, 1.807) is 6.07 Å². The summed E-state index contributed by atoms with van der Waals surface area (Å²) in [6, 6.07) is 7.83. The Morgan fingerprint density at radius 2 is 2.29 bits per heavy atom. The maximum Gasteiger partial charge on any atom is 0.115 e. The van der Waals surface area contributed by atoms with Crippen LogP contribution in [0.4, 0.5) is 0 Å². The van der Waals surface area contributed by atoms with E-state index in [1.165, 1.54) is 37.9 Å².